The summed E-state index contributed by atoms with van der Waals surface area (Å²) < 4.78 is 0. The maximum atomic E-state index is 12.3. The van der Waals surface area contributed by atoms with E-state index in [0.717, 1.165) is 31.1 Å². The van der Waals surface area contributed by atoms with Crippen LogP contribution in [0.2, 0.25) is 0 Å². The second kappa shape index (κ2) is 10.0. The third-order valence-corrected chi connectivity index (χ3v) is 5.56. The summed E-state index contributed by atoms with van der Waals surface area (Å²) in [7, 11) is 0. The lowest BCUT2D eigenvalue weighted by molar-refractivity contribution is 0.176. The van der Waals surface area contributed by atoms with Crippen molar-refractivity contribution < 1.29 is 0 Å². The zero-order chi connectivity index (χ0) is 22.3. The van der Waals surface area contributed by atoms with Gasteiger partial charge in [-0.05, 0) is 42.5 Å². The van der Waals surface area contributed by atoms with Crippen LogP contribution >= 0.6 is 0 Å². The van der Waals surface area contributed by atoms with E-state index in [4.69, 9.17) is 0 Å². The van der Waals surface area contributed by atoms with Crippen LogP contribution in [0.4, 0.5) is 5.95 Å². The molecule has 0 saturated carbocycles. The number of piperidine rings is 1. The van der Waals surface area contributed by atoms with Crippen molar-refractivity contribution >= 4 is 12.2 Å². The fourth-order valence-electron chi connectivity index (χ4n) is 4.06. The van der Waals surface area contributed by atoms with Gasteiger partial charge < -0.3 is 0 Å². The number of aromatic amines is 1. The highest BCUT2D eigenvalue weighted by Crippen LogP contribution is 2.20. The number of rotatable bonds is 6. The number of hydrogen-bond acceptors (Lipinski definition) is 6. The van der Waals surface area contributed by atoms with E-state index >= 15 is 0 Å². The molecule has 1 fully saturated rings. The number of likely N-dealkylation sites (tertiary alicyclic amines) is 1. The molecule has 0 aliphatic carbocycles. The Morgan fingerprint density at radius 1 is 1.28 bits per heavy atom. The second-order valence-electron chi connectivity index (χ2n) is 8.21. The van der Waals surface area contributed by atoms with Crippen molar-refractivity contribution in [2.24, 2.45) is 11.0 Å². The summed E-state index contributed by atoms with van der Waals surface area (Å²) in [5.41, 5.74) is 5.49. The van der Waals surface area contributed by atoms with Crippen LogP contribution in [0.15, 0.2) is 64.5 Å². The molecule has 3 aromatic rings. The monoisotopic (exact) mass is 426 g/mol. The SMILES string of the molecule is CC1CCCN(Cc2cccc(C=NNc3nc(-c4ccccc4)c(C#N)c(=O)[nH]3)c2)C1. The zero-order valence-electron chi connectivity index (χ0n) is 18.1. The van der Waals surface area contributed by atoms with Crippen molar-refractivity contribution in [2.45, 2.75) is 26.3 Å². The lowest BCUT2D eigenvalue weighted by atomic mass is 9.99. The minimum absolute atomic E-state index is 0.0227. The standard InChI is InChI=1S/C25H26N6O/c1-18-7-6-12-31(16-18)17-20-9-5-8-19(13-20)15-27-30-25-28-23(21-10-3-2-4-11-21)22(14-26)24(32)29-25/h2-5,8-11,13,15,18H,6-7,12,16-17H2,1H3,(H2,28,29,30,32). The first kappa shape index (κ1) is 21.5. The van der Waals surface area contributed by atoms with E-state index in [1.807, 2.05) is 48.5 Å². The summed E-state index contributed by atoms with van der Waals surface area (Å²) in [6.07, 6.45) is 4.27. The first-order valence-corrected chi connectivity index (χ1v) is 10.8. The van der Waals surface area contributed by atoms with E-state index in [2.05, 4.69) is 44.5 Å². The highest BCUT2D eigenvalue weighted by molar-refractivity contribution is 5.80. The van der Waals surface area contributed by atoms with E-state index in [0.29, 0.717) is 11.3 Å². The van der Waals surface area contributed by atoms with Crippen LogP contribution in [0.3, 0.4) is 0 Å². The highest BCUT2D eigenvalue weighted by atomic mass is 16.1. The van der Waals surface area contributed by atoms with E-state index in [-0.39, 0.29) is 11.5 Å². The number of hydrogen-bond donors (Lipinski definition) is 2. The first-order chi connectivity index (χ1) is 15.6. The first-order valence-electron chi connectivity index (χ1n) is 10.8. The van der Waals surface area contributed by atoms with Gasteiger partial charge in [-0.25, -0.2) is 10.4 Å². The number of H-pyrrole nitrogens is 1. The number of nitriles is 1. The van der Waals surface area contributed by atoms with Crippen molar-refractivity contribution in [1.29, 1.82) is 5.26 Å². The molecule has 0 spiro atoms. The lowest BCUT2D eigenvalue weighted by Crippen LogP contribution is -2.33. The van der Waals surface area contributed by atoms with Gasteiger partial charge in [0.1, 0.15) is 11.6 Å². The van der Waals surface area contributed by atoms with Gasteiger partial charge in [-0.2, -0.15) is 10.4 Å². The van der Waals surface area contributed by atoms with Gasteiger partial charge in [-0.15, -0.1) is 0 Å². The van der Waals surface area contributed by atoms with Gasteiger partial charge in [-0.3, -0.25) is 14.7 Å². The van der Waals surface area contributed by atoms with Gasteiger partial charge in [0.15, 0.2) is 0 Å². The molecule has 1 aliphatic heterocycles. The Kier molecular flexibility index (Phi) is 6.73. The topological polar surface area (TPSA) is 97.2 Å². The maximum Gasteiger partial charge on any atom is 0.270 e. The Morgan fingerprint density at radius 2 is 2.12 bits per heavy atom. The molecule has 1 aliphatic rings. The third kappa shape index (κ3) is 5.29. The largest absolute Gasteiger partial charge is 0.299 e. The molecule has 1 aromatic heterocycles. The molecule has 4 rings (SSSR count). The summed E-state index contributed by atoms with van der Waals surface area (Å²) in [5, 5.41) is 13.6. The Hall–Kier alpha value is -3.76. The molecule has 2 heterocycles. The summed E-state index contributed by atoms with van der Waals surface area (Å²) in [6, 6.07) is 19.4. The van der Waals surface area contributed by atoms with Gasteiger partial charge in [0, 0.05) is 18.7 Å². The predicted octanol–water partition coefficient (Wildman–Crippen LogP) is 3.99. The quantitative estimate of drug-likeness (QED) is 0.459. The van der Waals surface area contributed by atoms with Gasteiger partial charge >= 0.3 is 0 Å². The fourth-order valence-corrected chi connectivity index (χ4v) is 4.06. The average molecular weight is 427 g/mol. The molecule has 162 valence electrons. The van der Waals surface area contributed by atoms with Crippen LogP contribution < -0.4 is 11.0 Å². The summed E-state index contributed by atoms with van der Waals surface area (Å²) in [4.78, 5) is 21.8. The summed E-state index contributed by atoms with van der Waals surface area (Å²) >= 11 is 0. The third-order valence-electron chi connectivity index (χ3n) is 5.56. The van der Waals surface area contributed by atoms with Crippen LogP contribution in [-0.2, 0) is 6.54 Å². The number of aromatic nitrogens is 2. The number of nitrogens with one attached hydrogen (secondary N) is 2. The second-order valence-corrected chi connectivity index (χ2v) is 8.21. The molecule has 7 nitrogen and oxygen atoms in total. The molecule has 32 heavy (non-hydrogen) atoms. The molecule has 0 bridgehead atoms. The molecule has 1 saturated heterocycles. The number of benzene rings is 2. The van der Waals surface area contributed by atoms with Crippen molar-refractivity contribution in [1.82, 2.24) is 14.9 Å². The molecular weight excluding hydrogens is 400 g/mol. The maximum absolute atomic E-state index is 12.3. The van der Waals surface area contributed by atoms with Crippen molar-refractivity contribution in [3.63, 3.8) is 0 Å². The van der Waals surface area contributed by atoms with Crippen molar-refractivity contribution in [3.8, 4) is 17.3 Å². The normalized spacial score (nSPS) is 16.7. The van der Waals surface area contributed by atoms with Crippen LogP contribution in [0.5, 0.6) is 0 Å². The molecular formula is C25H26N6O. The molecule has 2 N–H and O–H groups in total. The Morgan fingerprint density at radius 3 is 2.91 bits per heavy atom. The minimum atomic E-state index is -0.503. The predicted molar refractivity (Wildman–Crippen MR) is 126 cm³/mol. The Bertz CT molecular complexity index is 1200. The molecule has 1 unspecified atom stereocenters. The lowest BCUT2D eigenvalue weighted by Gasteiger charge is -2.30. The highest BCUT2D eigenvalue weighted by Gasteiger charge is 2.16. The van der Waals surface area contributed by atoms with Crippen LogP contribution in [-0.4, -0.2) is 34.2 Å². The van der Waals surface area contributed by atoms with Gasteiger partial charge in [0.05, 0.1) is 11.9 Å². The average Bonchev–Trinajstić information content (AvgIpc) is 2.80. The van der Waals surface area contributed by atoms with E-state index in [1.165, 1.54) is 18.4 Å². The van der Waals surface area contributed by atoms with Crippen LogP contribution in [0, 0.1) is 17.2 Å². The Labute approximate surface area is 187 Å². The number of nitrogens with zero attached hydrogens (tertiary/aromatic N) is 4. The molecule has 7 heteroatoms. The van der Waals surface area contributed by atoms with E-state index in [1.54, 1.807) is 6.21 Å². The van der Waals surface area contributed by atoms with Crippen molar-refractivity contribution in [3.05, 3.63) is 81.6 Å². The van der Waals surface area contributed by atoms with Gasteiger partial charge in [-0.1, -0.05) is 55.5 Å². The minimum Gasteiger partial charge on any atom is -0.299 e. The molecule has 2 aromatic carbocycles. The van der Waals surface area contributed by atoms with E-state index < -0.39 is 5.56 Å². The summed E-state index contributed by atoms with van der Waals surface area (Å²) in [6.45, 7) is 5.53. The molecule has 1 atom stereocenters. The van der Waals surface area contributed by atoms with Crippen LogP contribution in [0.1, 0.15) is 36.5 Å². The zero-order valence-corrected chi connectivity index (χ0v) is 18.1. The Balaban J connectivity index is 1.48. The smallest absolute Gasteiger partial charge is 0.270 e. The summed E-state index contributed by atoms with van der Waals surface area (Å²) in [5.74, 6) is 0.933. The van der Waals surface area contributed by atoms with E-state index in [9.17, 15) is 10.1 Å². The van der Waals surface area contributed by atoms with Gasteiger partial charge in [0.25, 0.3) is 5.56 Å². The number of hydrazone groups is 1. The number of anilines is 1. The van der Waals surface area contributed by atoms with Crippen LogP contribution in [0.25, 0.3) is 11.3 Å². The fraction of sp³-hybridized carbons (Fsp3) is 0.280. The molecule has 0 amide bonds. The molecule has 0 radical (unpaired) electrons. The van der Waals surface area contributed by atoms with Gasteiger partial charge in [0.2, 0.25) is 5.95 Å². The van der Waals surface area contributed by atoms with Crippen molar-refractivity contribution in [2.75, 3.05) is 18.5 Å².